The second-order valence-electron chi connectivity index (χ2n) is 20.3. The fourth-order valence-corrected chi connectivity index (χ4v) is 8.29. The molecule has 0 unspecified atom stereocenters. The smallest absolute Gasteiger partial charge is 0.306 e. The summed E-state index contributed by atoms with van der Waals surface area (Å²) in [7, 11) is 0. The monoisotopic (exact) mass is 863 g/mol. The molecular weight excluding hydrogens is 757 g/mol. The second kappa shape index (κ2) is 46.4. The van der Waals surface area contributed by atoms with Crippen LogP contribution in [-0.4, -0.2) is 37.2 Å². The Kier molecular flexibility index (Phi) is 45.2. The lowest BCUT2D eigenvalue weighted by atomic mass is 10.0. The first-order valence-corrected chi connectivity index (χ1v) is 27.1. The molecule has 0 aliphatic rings. The van der Waals surface area contributed by atoms with Crippen LogP contribution < -0.4 is 0 Å². The molecule has 0 aromatic heterocycles. The van der Waals surface area contributed by atoms with Gasteiger partial charge in [-0.15, -0.1) is 0 Å². The molecule has 0 spiro atoms. The lowest BCUT2D eigenvalue weighted by molar-refractivity contribution is -0.167. The number of unbranched alkanes of at least 4 members (excludes halogenated alkanes) is 31. The molecule has 0 amide bonds. The lowest BCUT2D eigenvalue weighted by Gasteiger charge is -2.18. The first kappa shape index (κ1) is 59.4. The van der Waals surface area contributed by atoms with Gasteiger partial charge in [-0.2, -0.15) is 0 Å². The van der Waals surface area contributed by atoms with Crippen LogP contribution in [0.2, 0.25) is 0 Å². The van der Waals surface area contributed by atoms with E-state index < -0.39 is 6.10 Å². The molecule has 1 atom stereocenters. The van der Waals surface area contributed by atoms with Gasteiger partial charge in [-0.05, 0) is 37.0 Å². The maximum absolute atomic E-state index is 12.8. The molecule has 0 bridgehead atoms. The fraction of sp³-hybridized carbons (Fsp3) is 0.945. The summed E-state index contributed by atoms with van der Waals surface area (Å²) in [6.45, 7) is 13.7. The van der Waals surface area contributed by atoms with Crippen LogP contribution in [0.4, 0.5) is 0 Å². The minimum Gasteiger partial charge on any atom is -0.462 e. The van der Waals surface area contributed by atoms with Crippen molar-refractivity contribution in [2.24, 2.45) is 17.8 Å². The molecule has 0 saturated heterocycles. The number of carbonyl (C=O) groups is 3. The zero-order valence-corrected chi connectivity index (χ0v) is 42.0. The summed E-state index contributed by atoms with van der Waals surface area (Å²) in [5.41, 5.74) is 0. The third-order valence-electron chi connectivity index (χ3n) is 12.4. The summed E-state index contributed by atoms with van der Waals surface area (Å²) in [6, 6.07) is 0. The van der Waals surface area contributed by atoms with Gasteiger partial charge in [-0.1, -0.05) is 260 Å². The van der Waals surface area contributed by atoms with Gasteiger partial charge in [-0.25, -0.2) is 0 Å². The van der Waals surface area contributed by atoms with Crippen LogP contribution in [0.15, 0.2) is 0 Å². The van der Waals surface area contributed by atoms with Crippen molar-refractivity contribution in [2.45, 2.75) is 304 Å². The van der Waals surface area contributed by atoms with Crippen LogP contribution in [0, 0.1) is 17.8 Å². The van der Waals surface area contributed by atoms with E-state index in [1.54, 1.807) is 0 Å². The number of hydrogen-bond donors (Lipinski definition) is 0. The van der Waals surface area contributed by atoms with Gasteiger partial charge in [0.15, 0.2) is 6.10 Å². The normalized spacial score (nSPS) is 12.1. The van der Waals surface area contributed by atoms with Crippen molar-refractivity contribution in [1.82, 2.24) is 0 Å². The average Bonchev–Trinajstić information content (AvgIpc) is 3.22. The highest BCUT2D eigenvalue weighted by Gasteiger charge is 2.19. The highest BCUT2D eigenvalue weighted by Crippen LogP contribution is 2.18. The molecule has 0 aromatic carbocycles. The second-order valence-corrected chi connectivity index (χ2v) is 20.3. The van der Waals surface area contributed by atoms with Gasteiger partial charge in [0.2, 0.25) is 0 Å². The Hall–Kier alpha value is -1.59. The topological polar surface area (TPSA) is 78.9 Å². The van der Waals surface area contributed by atoms with Crippen molar-refractivity contribution in [1.29, 1.82) is 0 Å². The van der Waals surface area contributed by atoms with Gasteiger partial charge in [0.1, 0.15) is 13.2 Å². The predicted molar refractivity (Wildman–Crippen MR) is 261 cm³/mol. The number of rotatable bonds is 48. The Morgan fingerprint density at radius 1 is 0.279 bits per heavy atom. The Bertz CT molecular complexity index is 945. The van der Waals surface area contributed by atoms with Crippen molar-refractivity contribution in [3.63, 3.8) is 0 Å². The summed E-state index contributed by atoms with van der Waals surface area (Å²) in [4.78, 5) is 37.9. The maximum Gasteiger partial charge on any atom is 0.306 e. The van der Waals surface area contributed by atoms with Gasteiger partial charge in [-0.3, -0.25) is 14.4 Å². The van der Waals surface area contributed by atoms with E-state index >= 15 is 0 Å². The fourth-order valence-electron chi connectivity index (χ4n) is 8.29. The SMILES string of the molecule is CC(C)CCCCCCCCCCCCCCCCCCCCC(=O)OC[C@@H](COC(=O)CCCCCCCCC(C)C)OC(=O)CCCCCCCCCCCCC(C)C. The summed E-state index contributed by atoms with van der Waals surface area (Å²) in [5, 5.41) is 0. The Balaban J connectivity index is 4.19. The molecule has 0 N–H and O–H groups in total. The molecule has 0 fully saturated rings. The third-order valence-corrected chi connectivity index (χ3v) is 12.4. The van der Waals surface area contributed by atoms with E-state index in [1.165, 1.54) is 180 Å². The molecular formula is C55H106O6. The Labute approximate surface area is 380 Å². The van der Waals surface area contributed by atoms with Crippen LogP contribution in [0.25, 0.3) is 0 Å². The van der Waals surface area contributed by atoms with E-state index in [9.17, 15) is 14.4 Å². The molecule has 0 saturated carbocycles. The zero-order chi connectivity index (χ0) is 44.9. The molecule has 0 aliphatic heterocycles. The van der Waals surface area contributed by atoms with E-state index in [2.05, 4.69) is 41.5 Å². The standard InChI is InChI=1S/C55H106O6/c1-49(2)41-35-29-23-19-15-13-11-9-7-8-10-12-14-16-21-25-32-38-44-53(56)59-47-52(48-60-54(57)45-39-33-28-27-31-37-43-51(5)6)61-55(58)46-40-34-26-22-18-17-20-24-30-36-42-50(3)4/h49-52H,7-48H2,1-6H3/t52-/m0/s1. The molecule has 0 radical (unpaired) electrons. The minimum absolute atomic E-state index is 0.0651. The molecule has 6 heteroatoms. The van der Waals surface area contributed by atoms with Crippen molar-refractivity contribution >= 4 is 17.9 Å². The Morgan fingerprint density at radius 3 is 0.705 bits per heavy atom. The van der Waals surface area contributed by atoms with E-state index in [0.717, 1.165) is 75.5 Å². The number of ether oxygens (including phenoxy) is 3. The van der Waals surface area contributed by atoms with E-state index in [1.807, 2.05) is 0 Å². The maximum atomic E-state index is 12.8. The third kappa shape index (κ3) is 49.3. The number of esters is 3. The van der Waals surface area contributed by atoms with Crippen molar-refractivity contribution in [2.75, 3.05) is 13.2 Å². The highest BCUT2D eigenvalue weighted by atomic mass is 16.6. The summed E-state index contributed by atoms with van der Waals surface area (Å²) in [5.74, 6) is 1.58. The largest absolute Gasteiger partial charge is 0.462 e. The number of carbonyl (C=O) groups excluding carboxylic acids is 3. The van der Waals surface area contributed by atoms with E-state index in [0.29, 0.717) is 19.3 Å². The minimum atomic E-state index is -0.763. The first-order valence-electron chi connectivity index (χ1n) is 27.1. The molecule has 362 valence electrons. The van der Waals surface area contributed by atoms with Crippen molar-refractivity contribution in [3.8, 4) is 0 Å². The summed E-state index contributed by atoms with van der Waals surface area (Å²) < 4.78 is 16.8. The Morgan fingerprint density at radius 2 is 0.475 bits per heavy atom. The van der Waals surface area contributed by atoms with Crippen LogP contribution >= 0.6 is 0 Å². The van der Waals surface area contributed by atoms with Gasteiger partial charge < -0.3 is 14.2 Å². The zero-order valence-electron chi connectivity index (χ0n) is 42.0. The van der Waals surface area contributed by atoms with E-state index in [-0.39, 0.29) is 31.1 Å². The van der Waals surface area contributed by atoms with Gasteiger partial charge >= 0.3 is 17.9 Å². The van der Waals surface area contributed by atoms with Crippen LogP contribution in [-0.2, 0) is 28.6 Å². The quantitative estimate of drug-likeness (QED) is 0.0344. The van der Waals surface area contributed by atoms with Crippen LogP contribution in [0.5, 0.6) is 0 Å². The molecule has 6 nitrogen and oxygen atoms in total. The van der Waals surface area contributed by atoms with Gasteiger partial charge in [0.25, 0.3) is 0 Å². The molecule has 0 aromatic rings. The van der Waals surface area contributed by atoms with Gasteiger partial charge in [0, 0.05) is 19.3 Å². The van der Waals surface area contributed by atoms with Crippen LogP contribution in [0.3, 0.4) is 0 Å². The van der Waals surface area contributed by atoms with Gasteiger partial charge in [0.05, 0.1) is 0 Å². The molecule has 0 heterocycles. The summed E-state index contributed by atoms with van der Waals surface area (Å²) in [6.07, 6.45) is 46.9. The molecule has 61 heavy (non-hydrogen) atoms. The van der Waals surface area contributed by atoms with Crippen molar-refractivity contribution in [3.05, 3.63) is 0 Å². The average molecular weight is 863 g/mol. The molecule has 0 aliphatic carbocycles. The van der Waals surface area contributed by atoms with E-state index in [4.69, 9.17) is 14.2 Å². The lowest BCUT2D eigenvalue weighted by Crippen LogP contribution is -2.30. The molecule has 0 rings (SSSR count). The predicted octanol–water partition coefficient (Wildman–Crippen LogP) is 17.6. The highest BCUT2D eigenvalue weighted by molar-refractivity contribution is 5.71. The summed E-state index contributed by atoms with van der Waals surface area (Å²) >= 11 is 0. The van der Waals surface area contributed by atoms with Crippen LogP contribution in [0.1, 0.15) is 298 Å². The van der Waals surface area contributed by atoms with Crippen molar-refractivity contribution < 1.29 is 28.6 Å². The number of hydrogen-bond acceptors (Lipinski definition) is 6. The first-order chi connectivity index (χ1) is 29.6.